The lowest BCUT2D eigenvalue weighted by molar-refractivity contribution is -0.385. The topological polar surface area (TPSA) is 114 Å². The molecule has 142 valence electrons. The summed E-state index contributed by atoms with van der Waals surface area (Å²) in [6, 6.07) is 10.4. The molecule has 3 N–H and O–H groups in total. The number of ether oxygens (including phenoxy) is 1. The van der Waals surface area contributed by atoms with Gasteiger partial charge in [0.1, 0.15) is 5.75 Å². The molecule has 3 rings (SSSR count). The normalized spacial score (nSPS) is 18.9. The van der Waals surface area contributed by atoms with Crippen LogP contribution in [-0.4, -0.2) is 41.7 Å². The van der Waals surface area contributed by atoms with Crippen molar-refractivity contribution in [1.82, 2.24) is 10.6 Å². The Bertz CT molecular complexity index is 843. The zero-order valence-electron chi connectivity index (χ0n) is 14.2. The van der Waals surface area contributed by atoms with Gasteiger partial charge in [0.15, 0.2) is 0 Å². The Morgan fingerprint density at radius 3 is 2.67 bits per heavy atom. The predicted molar refractivity (Wildman–Crippen MR) is 99.3 cm³/mol. The second kappa shape index (κ2) is 8.34. The molecule has 2 aromatic carbocycles. The van der Waals surface area contributed by atoms with E-state index in [2.05, 4.69) is 10.6 Å². The summed E-state index contributed by atoms with van der Waals surface area (Å²) in [5.74, 6) is 0.136. The molecule has 1 heterocycles. The van der Waals surface area contributed by atoms with Crippen LogP contribution in [0.3, 0.4) is 0 Å². The van der Waals surface area contributed by atoms with Crippen molar-refractivity contribution >= 4 is 23.2 Å². The molecule has 1 amide bonds. The van der Waals surface area contributed by atoms with Gasteiger partial charge in [0, 0.05) is 42.2 Å². The van der Waals surface area contributed by atoms with E-state index >= 15 is 0 Å². The Morgan fingerprint density at radius 1 is 1.30 bits per heavy atom. The Labute approximate surface area is 160 Å². The van der Waals surface area contributed by atoms with Crippen LogP contribution in [0.4, 0.5) is 5.69 Å². The number of nitrogens with one attached hydrogen (secondary N) is 2. The Kier molecular flexibility index (Phi) is 5.90. The number of halogens is 1. The van der Waals surface area contributed by atoms with E-state index in [1.165, 1.54) is 18.2 Å². The number of benzene rings is 2. The minimum atomic E-state index is -0.574. The number of rotatable bonds is 6. The molecule has 1 saturated heterocycles. The molecule has 1 aliphatic heterocycles. The highest BCUT2D eigenvalue weighted by Gasteiger charge is 2.25. The van der Waals surface area contributed by atoms with E-state index in [-0.39, 0.29) is 28.3 Å². The van der Waals surface area contributed by atoms with E-state index < -0.39 is 11.0 Å². The highest BCUT2D eigenvalue weighted by atomic mass is 35.5. The van der Waals surface area contributed by atoms with Gasteiger partial charge in [-0.05, 0) is 36.4 Å². The Morgan fingerprint density at radius 2 is 2.04 bits per heavy atom. The van der Waals surface area contributed by atoms with Crippen LogP contribution in [0.2, 0.25) is 5.02 Å². The first kappa shape index (κ1) is 19.1. The quantitative estimate of drug-likeness (QED) is 0.514. The van der Waals surface area contributed by atoms with Gasteiger partial charge in [-0.2, -0.15) is 0 Å². The maximum Gasteiger partial charge on any atom is 0.313 e. The van der Waals surface area contributed by atoms with E-state index in [4.69, 9.17) is 16.3 Å². The average molecular weight is 392 g/mol. The number of β-amino-alcohol motifs (C(OH)–C–C–N with tert-alkyl or cyclic N) is 1. The summed E-state index contributed by atoms with van der Waals surface area (Å²) in [7, 11) is 0. The van der Waals surface area contributed by atoms with Crippen molar-refractivity contribution in [2.24, 2.45) is 5.92 Å². The van der Waals surface area contributed by atoms with Crippen molar-refractivity contribution < 1.29 is 19.6 Å². The molecule has 0 bridgehead atoms. The first-order chi connectivity index (χ1) is 12.9. The molecule has 2 aromatic rings. The summed E-state index contributed by atoms with van der Waals surface area (Å²) in [5.41, 5.74) is 0.182. The molecule has 2 atom stereocenters. The molecule has 27 heavy (non-hydrogen) atoms. The van der Waals surface area contributed by atoms with Crippen LogP contribution in [0.1, 0.15) is 10.4 Å². The minimum absolute atomic E-state index is 0.0120. The summed E-state index contributed by atoms with van der Waals surface area (Å²) in [6.45, 7) is 1.57. The molecule has 8 nitrogen and oxygen atoms in total. The lowest BCUT2D eigenvalue weighted by atomic mass is 10.1. The van der Waals surface area contributed by atoms with Crippen molar-refractivity contribution in [3.8, 4) is 11.5 Å². The van der Waals surface area contributed by atoms with E-state index in [9.17, 15) is 20.0 Å². The first-order valence-electron chi connectivity index (χ1n) is 8.33. The van der Waals surface area contributed by atoms with Gasteiger partial charge in [-0.3, -0.25) is 14.9 Å². The smallest absolute Gasteiger partial charge is 0.313 e. The van der Waals surface area contributed by atoms with Gasteiger partial charge in [-0.1, -0.05) is 11.6 Å². The molecule has 0 spiro atoms. The van der Waals surface area contributed by atoms with Crippen LogP contribution in [0, 0.1) is 16.0 Å². The number of nitro groups is 1. The molecule has 0 aliphatic carbocycles. The SMILES string of the molecule is O=C(NCC1CNCC1O)c1ccc(Oc2ccc(Cl)cc2[N+](=O)[O-])cc1. The van der Waals surface area contributed by atoms with Crippen molar-refractivity contribution in [3.63, 3.8) is 0 Å². The van der Waals surface area contributed by atoms with E-state index in [1.807, 2.05) is 0 Å². The van der Waals surface area contributed by atoms with Crippen LogP contribution >= 0.6 is 11.6 Å². The summed E-state index contributed by atoms with van der Waals surface area (Å²) in [6.07, 6.45) is -0.462. The number of nitrogens with zero attached hydrogens (tertiary/aromatic N) is 1. The van der Waals surface area contributed by atoms with Crippen LogP contribution < -0.4 is 15.4 Å². The van der Waals surface area contributed by atoms with Crippen LogP contribution in [0.5, 0.6) is 11.5 Å². The summed E-state index contributed by atoms with van der Waals surface area (Å²) in [4.78, 5) is 22.7. The summed E-state index contributed by atoms with van der Waals surface area (Å²) < 4.78 is 5.54. The van der Waals surface area contributed by atoms with Gasteiger partial charge in [-0.25, -0.2) is 0 Å². The average Bonchev–Trinajstić information content (AvgIpc) is 3.06. The third-order valence-corrected chi connectivity index (χ3v) is 4.53. The van der Waals surface area contributed by atoms with Crippen LogP contribution in [0.15, 0.2) is 42.5 Å². The van der Waals surface area contributed by atoms with Crippen LogP contribution in [0.25, 0.3) is 0 Å². The third-order valence-electron chi connectivity index (χ3n) is 4.29. The van der Waals surface area contributed by atoms with Crippen molar-refractivity contribution in [2.45, 2.75) is 6.10 Å². The lowest BCUT2D eigenvalue weighted by Crippen LogP contribution is -2.34. The van der Waals surface area contributed by atoms with Crippen molar-refractivity contribution in [1.29, 1.82) is 0 Å². The molecular formula is C18H18ClN3O5. The number of aliphatic hydroxyl groups is 1. The molecule has 2 unspecified atom stereocenters. The predicted octanol–water partition coefficient (Wildman–Crippen LogP) is 2.35. The third kappa shape index (κ3) is 4.73. The first-order valence-corrected chi connectivity index (χ1v) is 8.70. The van der Waals surface area contributed by atoms with E-state index in [0.717, 1.165) is 0 Å². The van der Waals surface area contributed by atoms with E-state index in [0.29, 0.717) is 30.9 Å². The largest absolute Gasteiger partial charge is 0.450 e. The monoisotopic (exact) mass is 391 g/mol. The molecule has 0 saturated carbocycles. The number of carbonyl (C=O) groups excluding carboxylic acids is 1. The maximum atomic E-state index is 12.2. The van der Waals surface area contributed by atoms with Crippen molar-refractivity contribution in [3.05, 3.63) is 63.2 Å². The second-order valence-corrected chi connectivity index (χ2v) is 6.63. The van der Waals surface area contributed by atoms with E-state index in [1.54, 1.807) is 24.3 Å². The molecule has 1 aliphatic rings. The molecular weight excluding hydrogens is 374 g/mol. The van der Waals surface area contributed by atoms with Gasteiger partial charge in [-0.15, -0.1) is 0 Å². The van der Waals surface area contributed by atoms with Gasteiger partial charge in [0.25, 0.3) is 5.91 Å². The number of hydrogen-bond donors (Lipinski definition) is 3. The fourth-order valence-electron chi connectivity index (χ4n) is 2.77. The Balaban J connectivity index is 1.63. The number of nitro benzene ring substituents is 1. The highest BCUT2D eigenvalue weighted by Crippen LogP contribution is 2.33. The lowest BCUT2D eigenvalue weighted by Gasteiger charge is -2.14. The second-order valence-electron chi connectivity index (χ2n) is 6.19. The zero-order chi connectivity index (χ0) is 19.4. The van der Waals surface area contributed by atoms with Crippen LogP contribution in [-0.2, 0) is 0 Å². The summed E-state index contributed by atoms with van der Waals surface area (Å²) >= 11 is 5.78. The van der Waals surface area contributed by atoms with Gasteiger partial charge < -0.3 is 20.5 Å². The molecule has 9 heteroatoms. The number of hydrogen-bond acceptors (Lipinski definition) is 6. The number of carbonyl (C=O) groups is 1. The zero-order valence-corrected chi connectivity index (χ0v) is 15.0. The fourth-order valence-corrected chi connectivity index (χ4v) is 2.94. The highest BCUT2D eigenvalue weighted by molar-refractivity contribution is 6.30. The van der Waals surface area contributed by atoms with Gasteiger partial charge in [0.2, 0.25) is 5.75 Å². The molecule has 1 fully saturated rings. The van der Waals surface area contributed by atoms with Gasteiger partial charge >= 0.3 is 5.69 Å². The Hall–Kier alpha value is -2.68. The molecule has 0 radical (unpaired) electrons. The maximum absolute atomic E-state index is 12.2. The fraction of sp³-hybridized carbons (Fsp3) is 0.278. The van der Waals surface area contributed by atoms with Crippen molar-refractivity contribution in [2.75, 3.05) is 19.6 Å². The minimum Gasteiger partial charge on any atom is -0.450 e. The summed E-state index contributed by atoms with van der Waals surface area (Å²) in [5, 5.41) is 26.9. The number of amides is 1. The number of aliphatic hydroxyl groups excluding tert-OH is 1. The van der Waals surface area contributed by atoms with Gasteiger partial charge in [0.05, 0.1) is 11.0 Å². The molecule has 0 aromatic heterocycles. The standard InChI is InChI=1S/C18H18ClN3O5/c19-13-3-6-17(15(7-13)22(25)26)27-14-4-1-11(2-5-14)18(24)21-9-12-8-20-10-16(12)23/h1-7,12,16,20,23H,8-10H2,(H,21,24).